The van der Waals surface area contributed by atoms with Gasteiger partial charge >= 0.3 is 0 Å². The Morgan fingerprint density at radius 3 is 2.60 bits per heavy atom. The molecule has 1 N–H and O–H groups in total. The first kappa shape index (κ1) is 11.7. The monoisotopic (exact) mass is 229 g/mol. The third-order valence-electron chi connectivity index (χ3n) is 4.25. The zero-order chi connectivity index (χ0) is 10.7. The summed E-state index contributed by atoms with van der Waals surface area (Å²) in [5, 5.41) is 9.31. The number of nitrogens with zero attached hydrogens (tertiary/aromatic N) is 1. The van der Waals surface area contributed by atoms with Gasteiger partial charge in [0, 0.05) is 12.6 Å². The van der Waals surface area contributed by atoms with E-state index in [0.29, 0.717) is 18.1 Å². The van der Waals surface area contributed by atoms with E-state index in [2.05, 4.69) is 17.5 Å². The lowest BCUT2D eigenvalue weighted by atomic mass is 9.87. The van der Waals surface area contributed by atoms with Crippen molar-refractivity contribution in [3.63, 3.8) is 0 Å². The lowest BCUT2D eigenvalue weighted by Gasteiger charge is -2.34. The van der Waals surface area contributed by atoms with Crippen molar-refractivity contribution in [2.24, 2.45) is 5.41 Å². The molecule has 1 unspecified atom stereocenters. The van der Waals surface area contributed by atoms with Gasteiger partial charge in [0.05, 0.1) is 6.61 Å². The number of aliphatic hydroxyl groups excluding tert-OH is 1. The molecule has 0 amide bonds. The highest BCUT2D eigenvalue weighted by molar-refractivity contribution is 7.80. The molecule has 88 valence electrons. The Hall–Kier alpha value is 0.270. The Morgan fingerprint density at radius 2 is 2.00 bits per heavy atom. The van der Waals surface area contributed by atoms with Gasteiger partial charge in [0.2, 0.25) is 0 Å². The topological polar surface area (TPSA) is 23.5 Å². The van der Waals surface area contributed by atoms with Gasteiger partial charge in [-0.05, 0) is 43.4 Å². The maximum absolute atomic E-state index is 9.31. The minimum atomic E-state index is 0.336. The minimum Gasteiger partial charge on any atom is -0.395 e. The largest absolute Gasteiger partial charge is 0.395 e. The Bertz CT molecular complexity index is 204. The Kier molecular flexibility index (Phi) is 3.97. The second kappa shape index (κ2) is 5.07. The molecule has 2 nitrogen and oxygen atoms in total. The molecule has 0 aromatic rings. The second-order valence-corrected chi connectivity index (χ2v) is 5.63. The van der Waals surface area contributed by atoms with E-state index in [4.69, 9.17) is 0 Å². The van der Waals surface area contributed by atoms with Crippen molar-refractivity contribution >= 4 is 12.6 Å². The van der Waals surface area contributed by atoms with Crippen molar-refractivity contribution in [2.75, 3.05) is 25.4 Å². The summed E-state index contributed by atoms with van der Waals surface area (Å²) in [4.78, 5) is 2.50. The van der Waals surface area contributed by atoms with E-state index in [0.717, 1.165) is 5.75 Å². The number of likely N-dealkylation sites (tertiary alicyclic amines) is 1. The van der Waals surface area contributed by atoms with E-state index in [1.165, 1.54) is 51.6 Å². The van der Waals surface area contributed by atoms with Crippen LogP contribution >= 0.6 is 12.6 Å². The predicted molar refractivity (Wildman–Crippen MR) is 66.4 cm³/mol. The number of rotatable bonds is 4. The second-order valence-electron chi connectivity index (χ2n) is 5.31. The van der Waals surface area contributed by atoms with Crippen molar-refractivity contribution in [1.29, 1.82) is 0 Å². The highest BCUT2D eigenvalue weighted by atomic mass is 32.1. The molecule has 15 heavy (non-hydrogen) atoms. The fourth-order valence-corrected chi connectivity index (χ4v) is 3.65. The van der Waals surface area contributed by atoms with Gasteiger partial charge in [-0.15, -0.1) is 0 Å². The van der Waals surface area contributed by atoms with Crippen LogP contribution < -0.4 is 0 Å². The van der Waals surface area contributed by atoms with Crippen LogP contribution in [0.1, 0.15) is 38.5 Å². The molecule has 1 aliphatic carbocycles. The van der Waals surface area contributed by atoms with Gasteiger partial charge < -0.3 is 5.11 Å². The average Bonchev–Trinajstić information content (AvgIpc) is 2.88. The van der Waals surface area contributed by atoms with Gasteiger partial charge in [-0.25, -0.2) is 0 Å². The number of hydrogen-bond acceptors (Lipinski definition) is 3. The lowest BCUT2D eigenvalue weighted by Crippen LogP contribution is -2.41. The molecule has 1 aliphatic heterocycles. The summed E-state index contributed by atoms with van der Waals surface area (Å²) in [5.74, 6) is 1.02. The Labute approximate surface area is 98.5 Å². The summed E-state index contributed by atoms with van der Waals surface area (Å²) in [5.41, 5.74) is 0.459. The van der Waals surface area contributed by atoms with E-state index in [-0.39, 0.29) is 0 Å². The van der Waals surface area contributed by atoms with E-state index in [1.54, 1.807) is 0 Å². The third-order valence-corrected chi connectivity index (χ3v) is 4.92. The first-order valence-electron chi connectivity index (χ1n) is 6.25. The van der Waals surface area contributed by atoms with Gasteiger partial charge in [-0.1, -0.05) is 12.8 Å². The summed E-state index contributed by atoms with van der Waals surface area (Å²) in [7, 11) is 0. The van der Waals surface area contributed by atoms with Crippen LogP contribution in [-0.4, -0.2) is 41.5 Å². The molecular formula is C12H23NOS. The van der Waals surface area contributed by atoms with Gasteiger partial charge in [-0.3, -0.25) is 4.90 Å². The molecule has 2 fully saturated rings. The van der Waals surface area contributed by atoms with Crippen LogP contribution in [-0.2, 0) is 0 Å². The SMILES string of the molecule is OCC1CCCN1CC1(CS)CCCC1. The summed E-state index contributed by atoms with van der Waals surface area (Å²) < 4.78 is 0. The normalized spacial score (nSPS) is 31.2. The summed E-state index contributed by atoms with van der Waals surface area (Å²) in [6.07, 6.45) is 7.86. The quantitative estimate of drug-likeness (QED) is 0.720. The van der Waals surface area contributed by atoms with Crippen LogP contribution in [0.15, 0.2) is 0 Å². The Morgan fingerprint density at radius 1 is 1.27 bits per heavy atom. The smallest absolute Gasteiger partial charge is 0.0586 e. The Balaban J connectivity index is 1.94. The van der Waals surface area contributed by atoms with Crippen LogP contribution in [0.5, 0.6) is 0 Å². The predicted octanol–water partition coefficient (Wildman–Crippen LogP) is 1.93. The lowest BCUT2D eigenvalue weighted by molar-refractivity contribution is 0.114. The highest BCUT2D eigenvalue weighted by Crippen LogP contribution is 2.40. The van der Waals surface area contributed by atoms with Gasteiger partial charge in [-0.2, -0.15) is 12.6 Å². The molecule has 0 bridgehead atoms. The van der Waals surface area contributed by atoms with E-state index in [9.17, 15) is 5.11 Å². The molecule has 2 rings (SSSR count). The van der Waals surface area contributed by atoms with Crippen LogP contribution in [0.25, 0.3) is 0 Å². The van der Waals surface area contributed by atoms with E-state index >= 15 is 0 Å². The molecular weight excluding hydrogens is 206 g/mol. The molecule has 1 saturated heterocycles. The standard InChI is InChI=1S/C12H23NOS/c14-8-11-4-3-7-13(11)9-12(10-15)5-1-2-6-12/h11,14-15H,1-10H2. The molecule has 0 spiro atoms. The molecule has 1 atom stereocenters. The van der Waals surface area contributed by atoms with Crippen molar-refractivity contribution in [3.05, 3.63) is 0 Å². The van der Waals surface area contributed by atoms with Crippen LogP contribution in [0.2, 0.25) is 0 Å². The summed E-state index contributed by atoms with van der Waals surface area (Å²) in [6.45, 7) is 2.69. The number of aliphatic hydroxyl groups is 1. The zero-order valence-electron chi connectivity index (χ0n) is 9.49. The van der Waals surface area contributed by atoms with Crippen LogP contribution in [0, 0.1) is 5.41 Å². The maximum atomic E-state index is 9.31. The molecule has 0 aromatic heterocycles. The first-order chi connectivity index (χ1) is 7.29. The molecule has 3 heteroatoms. The number of thiol groups is 1. The first-order valence-corrected chi connectivity index (χ1v) is 6.89. The van der Waals surface area contributed by atoms with Gasteiger partial charge in [0.15, 0.2) is 0 Å². The number of hydrogen-bond donors (Lipinski definition) is 2. The molecule has 0 radical (unpaired) electrons. The van der Waals surface area contributed by atoms with E-state index < -0.39 is 0 Å². The van der Waals surface area contributed by atoms with Crippen molar-refractivity contribution in [2.45, 2.75) is 44.6 Å². The fourth-order valence-electron chi connectivity index (χ4n) is 3.23. The zero-order valence-corrected chi connectivity index (χ0v) is 10.4. The maximum Gasteiger partial charge on any atom is 0.0586 e. The van der Waals surface area contributed by atoms with Gasteiger partial charge in [0.1, 0.15) is 0 Å². The fraction of sp³-hybridized carbons (Fsp3) is 1.00. The molecule has 1 heterocycles. The minimum absolute atomic E-state index is 0.336. The molecule has 1 saturated carbocycles. The third kappa shape index (κ3) is 2.51. The molecule has 0 aromatic carbocycles. The highest BCUT2D eigenvalue weighted by Gasteiger charge is 2.37. The summed E-state index contributed by atoms with van der Waals surface area (Å²) in [6, 6.07) is 0.433. The molecule has 2 aliphatic rings. The van der Waals surface area contributed by atoms with Crippen molar-refractivity contribution < 1.29 is 5.11 Å². The summed E-state index contributed by atoms with van der Waals surface area (Å²) >= 11 is 4.54. The van der Waals surface area contributed by atoms with Crippen LogP contribution in [0.4, 0.5) is 0 Å². The van der Waals surface area contributed by atoms with Gasteiger partial charge in [0.25, 0.3) is 0 Å². The van der Waals surface area contributed by atoms with Crippen LogP contribution in [0.3, 0.4) is 0 Å². The van der Waals surface area contributed by atoms with E-state index in [1.807, 2.05) is 0 Å². The average molecular weight is 229 g/mol. The van der Waals surface area contributed by atoms with Crippen molar-refractivity contribution in [3.8, 4) is 0 Å². The van der Waals surface area contributed by atoms with Crippen molar-refractivity contribution in [1.82, 2.24) is 4.90 Å².